The Balaban J connectivity index is 1.79. The van der Waals surface area contributed by atoms with Gasteiger partial charge in [-0.2, -0.15) is 10.2 Å². The predicted molar refractivity (Wildman–Crippen MR) is 89.5 cm³/mol. The summed E-state index contributed by atoms with van der Waals surface area (Å²) < 4.78 is 11.3. The fraction of sp³-hybridized carbons (Fsp3) is 0.333. The van der Waals surface area contributed by atoms with Gasteiger partial charge in [0.05, 0.1) is 24.5 Å². The van der Waals surface area contributed by atoms with Gasteiger partial charge in [0.25, 0.3) is 0 Å². The molecule has 23 heavy (non-hydrogen) atoms. The van der Waals surface area contributed by atoms with E-state index in [9.17, 15) is 0 Å². The van der Waals surface area contributed by atoms with E-state index in [2.05, 4.69) is 29.4 Å². The van der Waals surface area contributed by atoms with E-state index in [0.29, 0.717) is 6.54 Å². The van der Waals surface area contributed by atoms with E-state index in [1.54, 1.807) is 7.11 Å². The molecule has 0 spiro atoms. The van der Waals surface area contributed by atoms with Gasteiger partial charge < -0.3 is 14.5 Å². The van der Waals surface area contributed by atoms with E-state index in [0.717, 1.165) is 39.4 Å². The summed E-state index contributed by atoms with van der Waals surface area (Å²) >= 11 is 0. The molecule has 1 unspecified atom stereocenters. The molecule has 0 aliphatic heterocycles. The van der Waals surface area contributed by atoms with Gasteiger partial charge in [-0.1, -0.05) is 0 Å². The van der Waals surface area contributed by atoms with Crippen molar-refractivity contribution in [2.75, 3.05) is 7.11 Å². The maximum absolute atomic E-state index is 6.01. The van der Waals surface area contributed by atoms with Crippen LogP contribution in [0.15, 0.2) is 34.7 Å². The summed E-state index contributed by atoms with van der Waals surface area (Å²) in [4.78, 5) is 0. The van der Waals surface area contributed by atoms with Gasteiger partial charge in [0.1, 0.15) is 17.1 Å². The Morgan fingerprint density at radius 3 is 2.70 bits per heavy atom. The largest absolute Gasteiger partial charge is 0.497 e. The summed E-state index contributed by atoms with van der Waals surface area (Å²) in [5, 5.41) is 12.8. The number of aryl methyl sites for hydroxylation is 2. The monoisotopic (exact) mass is 311 g/mol. The molecule has 0 radical (unpaired) electrons. The molecule has 1 atom stereocenters. The number of rotatable bonds is 5. The highest BCUT2D eigenvalue weighted by Crippen LogP contribution is 2.31. The van der Waals surface area contributed by atoms with Gasteiger partial charge >= 0.3 is 0 Å². The van der Waals surface area contributed by atoms with Gasteiger partial charge in [-0.15, -0.1) is 0 Å². The molecule has 0 aliphatic carbocycles. The van der Waals surface area contributed by atoms with Crippen LogP contribution in [0.25, 0.3) is 11.0 Å². The highest BCUT2D eigenvalue weighted by Gasteiger charge is 2.17. The molecule has 5 nitrogen and oxygen atoms in total. The number of aromatic nitrogens is 2. The van der Waals surface area contributed by atoms with Gasteiger partial charge in [0.15, 0.2) is 0 Å². The second-order valence-corrected chi connectivity index (χ2v) is 5.72. The first-order valence-corrected chi connectivity index (χ1v) is 7.68. The van der Waals surface area contributed by atoms with Gasteiger partial charge in [0, 0.05) is 17.5 Å². The zero-order chi connectivity index (χ0) is 16.4. The lowest BCUT2D eigenvalue weighted by Gasteiger charge is -2.11. The third-order valence-corrected chi connectivity index (χ3v) is 4.02. The Bertz CT molecular complexity index is 809. The molecular weight excluding hydrogens is 290 g/mol. The molecule has 0 fully saturated rings. The number of benzene rings is 1. The van der Waals surface area contributed by atoms with Gasteiger partial charge in [-0.05, 0) is 51.1 Å². The normalized spacial score (nSPS) is 12.5. The third kappa shape index (κ3) is 3.19. The molecule has 3 rings (SSSR count). The van der Waals surface area contributed by atoms with Crippen LogP contribution in [0.1, 0.15) is 35.7 Å². The fourth-order valence-corrected chi connectivity index (χ4v) is 2.63. The highest BCUT2D eigenvalue weighted by molar-refractivity contribution is 5.83. The lowest BCUT2D eigenvalue weighted by Crippen LogP contribution is -2.19. The van der Waals surface area contributed by atoms with E-state index in [4.69, 9.17) is 9.15 Å². The quantitative estimate of drug-likeness (QED) is 0.778. The van der Waals surface area contributed by atoms with E-state index < -0.39 is 0 Å². The van der Waals surface area contributed by atoms with Crippen LogP contribution in [0.5, 0.6) is 5.75 Å². The van der Waals surface area contributed by atoms with Gasteiger partial charge in [-0.25, -0.2) is 0 Å². The number of ether oxygens (including phenoxy) is 1. The van der Waals surface area contributed by atoms with E-state index in [1.807, 2.05) is 37.3 Å². The lowest BCUT2D eigenvalue weighted by atomic mass is 10.1. The number of nitrogens with zero attached hydrogens (tertiary/aromatic N) is 2. The molecule has 0 amide bonds. The van der Waals surface area contributed by atoms with Crippen molar-refractivity contribution >= 4 is 11.0 Å². The summed E-state index contributed by atoms with van der Waals surface area (Å²) in [6, 6.07) is 9.90. The van der Waals surface area contributed by atoms with Gasteiger partial charge in [0.2, 0.25) is 0 Å². The molecule has 1 aromatic carbocycles. The predicted octanol–water partition coefficient (Wildman–Crippen LogP) is 3.70. The van der Waals surface area contributed by atoms with Crippen molar-refractivity contribution in [3.05, 3.63) is 53.0 Å². The van der Waals surface area contributed by atoms with Crippen LogP contribution in [0.4, 0.5) is 0 Å². The zero-order valence-electron chi connectivity index (χ0n) is 13.9. The van der Waals surface area contributed by atoms with Crippen LogP contribution in [0, 0.1) is 13.8 Å². The first-order valence-electron chi connectivity index (χ1n) is 7.68. The molecule has 2 aromatic heterocycles. The number of fused-ring (bicyclic) bond motifs is 1. The Morgan fingerprint density at radius 1 is 1.17 bits per heavy atom. The standard InChI is InChI=1S/C18H21N3O2/c1-11-5-6-14(21-20-11)10-19-13(3)18-12(2)16-9-15(22-4)7-8-17(16)23-18/h5-9,13,19H,10H2,1-4H3. The van der Waals surface area contributed by atoms with Crippen LogP contribution in [-0.2, 0) is 6.54 Å². The van der Waals surface area contributed by atoms with Crippen molar-refractivity contribution in [2.24, 2.45) is 0 Å². The van der Waals surface area contributed by atoms with Crippen LogP contribution >= 0.6 is 0 Å². The number of nitrogens with one attached hydrogen (secondary N) is 1. The van der Waals surface area contributed by atoms with Crippen molar-refractivity contribution in [1.82, 2.24) is 15.5 Å². The van der Waals surface area contributed by atoms with Crippen molar-refractivity contribution in [3.8, 4) is 5.75 Å². The Hall–Kier alpha value is -2.40. The molecule has 2 heterocycles. The van der Waals surface area contributed by atoms with E-state index >= 15 is 0 Å². The number of methoxy groups -OCH3 is 1. The maximum Gasteiger partial charge on any atom is 0.134 e. The number of hydrogen-bond donors (Lipinski definition) is 1. The molecule has 0 saturated heterocycles. The van der Waals surface area contributed by atoms with Crippen molar-refractivity contribution in [2.45, 2.75) is 33.4 Å². The summed E-state index contributed by atoms with van der Waals surface area (Å²) in [7, 11) is 1.67. The molecule has 0 aliphatic rings. The van der Waals surface area contributed by atoms with Crippen LogP contribution in [0.3, 0.4) is 0 Å². The van der Waals surface area contributed by atoms with E-state index in [1.165, 1.54) is 0 Å². The van der Waals surface area contributed by atoms with E-state index in [-0.39, 0.29) is 6.04 Å². The fourth-order valence-electron chi connectivity index (χ4n) is 2.63. The van der Waals surface area contributed by atoms with Crippen LogP contribution in [0.2, 0.25) is 0 Å². The molecule has 0 saturated carbocycles. The third-order valence-electron chi connectivity index (χ3n) is 4.02. The molecular formula is C18H21N3O2. The average Bonchev–Trinajstić information content (AvgIpc) is 2.90. The molecule has 5 heteroatoms. The average molecular weight is 311 g/mol. The highest BCUT2D eigenvalue weighted by atomic mass is 16.5. The van der Waals surface area contributed by atoms with Crippen molar-refractivity contribution in [1.29, 1.82) is 0 Å². The van der Waals surface area contributed by atoms with Crippen LogP contribution < -0.4 is 10.1 Å². The molecule has 3 aromatic rings. The minimum atomic E-state index is 0.0801. The minimum Gasteiger partial charge on any atom is -0.497 e. The maximum atomic E-state index is 6.01. The topological polar surface area (TPSA) is 60.2 Å². The molecule has 0 bridgehead atoms. The van der Waals surface area contributed by atoms with Crippen LogP contribution in [-0.4, -0.2) is 17.3 Å². The first kappa shape index (κ1) is 15.5. The lowest BCUT2D eigenvalue weighted by molar-refractivity contribution is 0.415. The zero-order valence-corrected chi connectivity index (χ0v) is 13.9. The second-order valence-electron chi connectivity index (χ2n) is 5.72. The first-order chi connectivity index (χ1) is 11.1. The summed E-state index contributed by atoms with van der Waals surface area (Å²) in [5.74, 6) is 1.77. The summed E-state index contributed by atoms with van der Waals surface area (Å²) in [5.41, 5.74) is 3.85. The Labute approximate surface area is 135 Å². The minimum absolute atomic E-state index is 0.0801. The summed E-state index contributed by atoms with van der Waals surface area (Å²) in [6.45, 7) is 6.74. The number of furan rings is 1. The smallest absolute Gasteiger partial charge is 0.134 e. The Morgan fingerprint density at radius 2 is 2.00 bits per heavy atom. The summed E-state index contributed by atoms with van der Waals surface area (Å²) in [6.07, 6.45) is 0. The Kier molecular flexibility index (Phi) is 4.30. The molecule has 120 valence electrons. The molecule has 1 N–H and O–H groups in total. The number of hydrogen-bond acceptors (Lipinski definition) is 5. The second kappa shape index (κ2) is 6.38. The van der Waals surface area contributed by atoms with Crippen molar-refractivity contribution in [3.63, 3.8) is 0 Å². The SMILES string of the molecule is COc1ccc2oc(C(C)NCc3ccc(C)nn3)c(C)c2c1. The van der Waals surface area contributed by atoms with Crippen molar-refractivity contribution < 1.29 is 9.15 Å². The van der Waals surface area contributed by atoms with Gasteiger partial charge in [-0.3, -0.25) is 0 Å².